The Hall–Kier alpha value is -3.22. The number of benzene rings is 2. The summed E-state index contributed by atoms with van der Waals surface area (Å²) in [5, 5.41) is 13.5. The van der Waals surface area contributed by atoms with E-state index >= 15 is 0 Å². The third kappa shape index (κ3) is 3.50. The zero-order valence-corrected chi connectivity index (χ0v) is 13.8. The van der Waals surface area contributed by atoms with Crippen molar-refractivity contribution >= 4 is 28.6 Å². The van der Waals surface area contributed by atoms with Crippen LogP contribution in [0, 0.1) is 10.1 Å². The first-order valence-electron chi connectivity index (χ1n) is 8.11. The number of aromatic nitrogens is 2. The van der Waals surface area contributed by atoms with Crippen LogP contribution in [0.2, 0.25) is 0 Å². The third-order valence-corrected chi connectivity index (χ3v) is 3.96. The number of nitrogens with one attached hydrogen (secondary N) is 1. The van der Waals surface area contributed by atoms with Gasteiger partial charge in [0.15, 0.2) is 0 Å². The molecule has 7 heteroatoms. The minimum absolute atomic E-state index is 0.0493. The molecule has 0 atom stereocenters. The number of rotatable bonds is 6. The summed E-state index contributed by atoms with van der Waals surface area (Å²) >= 11 is 0. The lowest BCUT2D eigenvalue weighted by atomic mass is 10.2. The van der Waals surface area contributed by atoms with E-state index in [4.69, 9.17) is 0 Å². The Morgan fingerprint density at radius 1 is 1.20 bits per heavy atom. The van der Waals surface area contributed by atoms with E-state index in [1.165, 1.54) is 24.3 Å². The van der Waals surface area contributed by atoms with Gasteiger partial charge in [0, 0.05) is 24.2 Å². The van der Waals surface area contributed by atoms with Gasteiger partial charge in [-0.15, -0.1) is 0 Å². The van der Waals surface area contributed by atoms with Crippen LogP contribution in [-0.4, -0.2) is 20.4 Å². The van der Waals surface area contributed by atoms with Crippen LogP contribution < -0.4 is 5.32 Å². The van der Waals surface area contributed by atoms with Crippen molar-refractivity contribution in [1.82, 2.24) is 9.55 Å². The number of aryl methyl sites for hydroxylation is 1. The molecule has 1 N–H and O–H groups in total. The Labute approximate surface area is 144 Å². The van der Waals surface area contributed by atoms with Gasteiger partial charge in [-0.3, -0.25) is 20.2 Å². The molecule has 25 heavy (non-hydrogen) atoms. The van der Waals surface area contributed by atoms with Crippen LogP contribution in [0.3, 0.4) is 0 Å². The van der Waals surface area contributed by atoms with Crippen LogP contribution in [0.5, 0.6) is 0 Å². The number of carbonyl (C=O) groups is 1. The second-order valence-corrected chi connectivity index (χ2v) is 5.69. The number of non-ortho nitro benzene ring substituents is 1. The van der Waals surface area contributed by atoms with Crippen LogP contribution >= 0.6 is 0 Å². The number of hydrogen-bond donors (Lipinski definition) is 1. The number of nitrogens with zero attached hydrogens (tertiary/aromatic N) is 3. The maximum Gasteiger partial charge on any atom is 0.269 e. The molecule has 1 aromatic heterocycles. The molecule has 0 aliphatic rings. The largest absolute Gasteiger partial charge is 0.310 e. The lowest BCUT2D eigenvalue weighted by Crippen LogP contribution is -2.16. The highest BCUT2D eigenvalue weighted by Crippen LogP contribution is 2.21. The van der Waals surface area contributed by atoms with E-state index in [9.17, 15) is 14.9 Å². The summed E-state index contributed by atoms with van der Waals surface area (Å²) in [4.78, 5) is 27.2. The first-order valence-corrected chi connectivity index (χ1v) is 8.11. The minimum Gasteiger partial charge on any atom is -0.310 e. The molecule has 3 rings (SSSR count). The van der Waals surface area contributed by atoms with Gasteiger partial charge in [0.25, 0.3) is 11.6 Å². The van der Waals surface area contributed by atoms with Crippen molar-refractivity contribution < 1.29 is 9.72 Å². The third-order valence-electron chi connectivity index (χ3n) is 3.96. The van der Waals surface area contributed by atoms with Crippen LogP contribution in [0.15, 0.2) is 48.5 Å². The Morgan fingerprint density at radius 2 is 1.92 bits per heavy atom. The Kier molecular flexibility index (Phi) is 4.74. The van der Waals surface area contributed by atoms with Crippen LogP contribution in [0.1, 0.15) is 30.1 Å². The SMILES string of the molecule is CCCCn1c(NC(=O)c2ccc([N+](=O)[O-])cc2)nc2ccccc21. The number of nitro groups is 1. The lowest BCUT2D eigenvalue weighted by Gasteiger charge is -2.09. The molecule has 3 aromatic rings. The van der Waals surface area contributed by atoms with Crippen molar-refractivity contribution in [3.8, 4) is 0 Å². The summed E-state index contributed by atoms with van der Waals surface area (Å²) < 4.78 is 1.99. The molecule has 0 fully saturated rings. The molecule has 128 valence electrons. The van der Waals surface area contributed by atoms with Gasteiger partial charge in [0.2, 0.25) is 5.95 Å². The predicted octanol–water partition coefficient (Wildman–Crippen LogP) is 4.00. The summed E-state index contributed by atoms with van der Waals surface area (Å²) in [7, 11) is 0. The molecule has 0 saturated heterocycles. The maximum absolute atomic E-state index is 12.5. The number of amides is 1. The molecule has 0 aliphatic heterocycles. The molecule has 1 amide bonds. The van der Waals surface area contributed by atoms with Crippen LogP contribution in [0.25, 0.3) is 11.0 Å². The Bertz CT molecular complexity index is 916. The predicted molar refractivity (Wildman–Crippen MR) is 95.7 cm³/mol. The summed E-state index contributed by atoms with van der Waals surface area (Å²) in [6, 6.07) is 13.2. The number of imidazole rings is 1. The molecule has 0 radical (unpaired) electrons. The Morgan fingerprint density at radius 3 is 2.60 bits per heavy atom. The van der Waals surface area contributed by atoms with E-state index in [1.54, 1.807) is 0 Å². The fourth-order valence-corrected chi connectivity index (χ4v) is 2.62. The fourth-order valence-electron chi connectivity index (χ4n) is 2.62. The van der Waals surface area contributed by atoms with Crippen molar-refractivity contribution in [2.24, 2.45) is 0 Å². The quantitative estimate of drug-likeness (QED) is 0.543. The van der Waals surface area contributed by atoms with Crippen molar-refractivity contribution in [1.29, 1.82) is 0 Å². The van der Waals surface area contributed by atoms with Crippen LogP contribution in [0.4, 0.5) is 11.6 Å². The van der Waals surface area contributed by atoms with Gasteiger partial charge in [-0.05, 0) is 30.7 Å². The molecule has 0 unspecified atom stereocenters. The first-order chi connectivity index (χ1) is 12.1. The van der Waals surface area contributed by atoms with Crippen molar-refractivity contribution in [3.05, 3.63) is 64.2 Å². The lowest BCUT2D eigenvalue weighted by molar-refractivity contribution is -0.384. The zero-order chi connectivity index (χ0) is 17.8. The molecule has 7 nitrogen and oxygen atoms in total. The number of anilines is 1. The van der Waals surface area contributed by atoms with Gasteiger partial charge >= 0.3 is 0 Å². The van der Waals surface area contributed by atoms with E-state index < -0.39 is 4.92 Å². The second kappa shape index (κ2) is 7.12. The average molecular weight is 338 g/mol. The minimum atomic E-state index is -0.494. The van der Waals surface area contributed by atoms with Gasteiger partial charge in [0.1, 0.15) is 0 Å². The van der Waals surface area contributed by atoms with E-state index in [0.29, 0.717) is 11.5 Å². The highest BCUT2D eigenvalue weighted by atomic mass is 16.6. The average Bonchev–Trinajstić information content (AvgIpc) is 2.97. The van der Waals surface area contributed by atoms with Gasteiger partial charge < -0.3 is 4.57 Å². The van der Waals surface area contributed by atoms with Gasteiger partial charge in [-0.1, -0.05) is 25.5 Å². The monoisotopic (exact) mass is 338 g/mol. The Balaban J connectivity index is 1.88. The number of unbranched alkanes of at least 4 members (excludes halogenated alkanes) is 1. The van der Waals surface area contributed by atoms with Crippen molar-refractivity contribution in [2.45, 2.75) is 26.3 Å². The summed E-state index contributed by atoms with van der Waals surface area (Å²) in [5.41, 5.74) is 2.08. The molecule has 0 aliphatic carbocycles. The first kappa shape index (κ1) is 16.6. The van der Waals surface area contributed by atoms with Crippen LogP contribution in [-0.2, 0) is 6.54 Å². The highest BCUT2D eigenvalue weighted by molar-refractivity contribution is 6.04. The molecule has 2 aromatic carbocycles. The smallest absolute Gasteiger partial charge is 0.269 e. The summed E-state index contributed by atoms with van der Waals surface area (Å²) in [5.74, 6) is 0.140. The van der Waals surface area contributed by atoms with E-state index in [0.717, 1.165) is 30.4 Å². The topological polar surface area (TPSA) is 90.1 Å². The number of fused-ring (bicyclic) bond motifs is 1. The van der Waals surface area contributed by atoms with E-state index in [-0.39, 0.29) is 11.6 Å². The second-order valence-electron chi connectivity index (χ2n) is 5.69. The summed E-state index contributed by atoms with van der Waals surface area (Å²) in [6.45, 7) is 2.86. The molecule has 0 bridgehead atoms. The van der Waals surface area contributed by atoms with Crippen molar-refractivity contribution in [3.63, 3.8) is 0 Å². The fraction of sp³-hybridized carbons (Fsp3) is 0.222. The van der Waals surface area contributed by atoms with E-state index in [2.05, 4.69) is 17.2 Å². The number of carbonyl (C=O) groups excluding carboxylic acids is 1. The molecular weight excluding hydrogens is 320 g/mol. The van der Waals surface area contributed by atoms with Gasteiger partial charge in [-0.25, -0.2) is 4.98 Å². The standard InChI is InChI=1S/C18H18N4O3/c1-2-3-12-21-16-7-5-4-6-15(16)19-18(21)20-17(23)13-8-10-14(11-9-13)22(24)25/h4-11H,2-3,12H2,1H3,(H,19,20,23). The maximum atomic E-state index is 12.5. The zero-order valence-electron chi connectivity index (χ0n) is 13.8. The molecular formula is C18H18N4O3. The molecule has 1 heterocycles. The van der Waals surface area contributed by atoms with Gasteiger partial charge in [0.05, 0.1) is 16.0 Å². The highest BCUT2D eigenvalue weighted by Gasteiger charge is 2.15. The molecule has 0 saturated carbocycles. The van der Waals surface area contributed by atoms with E-state index in [1.807, 2.05) is 28.8 Å². The summed E-state index contributed by atoms with van der Waals surface area (Å²) in [6.07, 6.45) is 2.00. The molecule has 0 spiro atoms. The van der Waals surface area contributed by atoms with Gasteiger partial charge in [-0.2, -0.15) is 0 Å². The normalized spacial score (nSPS) is 10.8. The van der Waals surface area contributed by atoms with Crippen molar-refractivity contribution in [2.75, 3.05) is 5.32 Å². The number of nitro benzene ring substituents is 1. The number of hydrogen-bond acceptors (Lipinski definition) is 4. The number of para-hydroxylation sites is 2.